The number of aromatic nitrogens is 2. The summed E-state index contributed by atoms with van der Waals surface area (Å²) in [4.78, 5) is 28.3. The predicted octanol–water partition coefficient (Wildman–Crippen LogP) is 2.37. The Balaban J connectivity index is 1.44. The minimum atomic E-state index is -0.445. The zero-order valence-electron chi connectivity index (χ0n) is 16.7. The van der Waals surface area contributed by atoms with E-state index in [9.17, 15) is 9.18 Å². The van der Waals surface area contributed by atoms with Gasteiger partial charge in [0.05, 0.1) is 5.41 Å². The number of piperazine rings is 1. The van der Waals surface area contributed by atoms with Gasteiger partial charge in [0.15, 0.2) is 0 Å². The van der Waals surface area contributed by atoms with Crippen molar-refractivity contribution in [1.82, 2.24) is 14.9 Å². The third-order valence-electron chi connectivity index (χ3n) is 5.72. The molecule has 1 saturated heterocycles. The van der Waals surface area contributed by atoms with Gasteiger partial charge in [0.25, 0.3) is 0 Å². The molecule has 0 spiro atoms. The molecule has 1 aliphatic carbocycles. The Hall–Kier alpha value is -2.70. The van der Waals surface area contributed by atoms with Crippen molar-refractivity contribution >= 4 is 17.5 Å². The first kappa shape index (κ1) is 18.7. The van der Waals surface area contributed by atoms with Crippen molar-refractivity contribution in [2.75, 3.05) is 50.1 Å². The van der Waals surface area contributed by atoms with Gasteiger partial charge in [-0.2, -0.15) is 0 Å². The van der Waals surface area contributed by atoms with Gasteiger partial charge in [-0.05, 0) is 37.5 Å². The van der Waals surface area contributed by atoms with Crippen molar-refractivity contribution in [3.8, 4) is 0 Å². The number of rotatable bonds is 4. The first-order valence-electron chi connectivity index (χ1n) is 9.72. The van der Waals surface area contributed by atoms with Gasteiger partial charge >= 0.3 is 0 Å². The van der Waals surface area contributed by atoms with Crippen molar-refractivity contribution in [2.45, 2.75) is 25.2 Å². The Labute approximate surface area is 165 Å². The quantitative estimate of drug-likeness (QED) is 0.811. The van der Waals surface area contributed by atoms with Gasteiger partial charge in [-0.25, -0.2) is 14.4 Å². The summed E-state index contributed by atoms with van der Waals surface area (Å²) in [5.41, 5.74) is 0.489. The number of hydrogen-bond acceptors (Lipinski definition) is 5. The van der Waals surface area contributed by atoms with E-state index in [4.69, 9.17) is 0 Å². The third-order valence-corrected chi connectivity index (χ3v) is 5.72. The molecule has 1 aliphatic heterocycles. The van der Waals surface area contributed by atoms with E-state index < -0.39 is 5.41 Å². The standard InChI is InChI=1S/C21H26FN5O/c1-15-23-18(25(2)3)14-19(24-15)26-10-12-27(13-11-26)20(28)21(8-9-21)16-4-6-17(22)7-5-16/h4-7,14H,8-13H2,1-3H3. The molecular weight excluding hydrogens is 357 g/mol. The van der Waals surface area contributed by atoms with E-state index in [1.807, 2.05) is 36.9 Å². The lowest BCUT2D eigenvalue weighted by Crippen LogP contribution is -2.51. The van der Waals surface area contributed by atoms with Crippen LogP contribution in [0.25, 0.3) is 0 Å². The maximum Gasteiger partial charge on any atom is 0.233 e. The molecule has 0 N–H and O–H groups in total. The molecule has 1 saturated carbocycles. The van der Waals surface area contributed by atoms with Gasteiger partial charge < -0.3 is 14.7 Å². The Bertz CT molecular complexity index is 871. The molecule has 2 heterocycles. The van der Waals surface area contributed by atoms with Crippen LogP contribution in [0.1, 0.15) is 24.2 Å². The second kappa shape index (κ2) is 7.04. The Kier molecular flexibility index (Phi) is 4.69. The highest BCUT2D eigenvalue weighted by molar-refractivity contribution is 5.91. The van der Waals surface area contributed by atoms with Crippen LogP contribution in [-0.4, -0.2) is 61.0 Å². The maximum atomic E-state index is 13.2. The van der Waals surface area contributed by atoms with Gasteiger partial charge in [0, 0.05) is 46.3 Å². The summed E-state index contributed by atoms with van der Waals surface area (Å²) < 4.78 is 13.2. The van der Waals surface area contributed by atoms with Crippen molar-refractivity contribution in [3.05, 3.63) is 47.5 Å². The molecule has 7 heteroatoms. The third kappa shape index (κ3) is 3.41. The highest BCUT2D eigenvalue weighted by Crippen LogP contribution is 2.49. The summed E-state index contributed by atoms with van der Waals surface area (Å²) in [6.07, 6.45) is 1.68. The van der Waals surface area contributed by atoms with Crippen molar-refractivity contribution < 1.29 is 9.18 Å². The van der Waals surface area contributed by atoms with Crippen LogP contribution in [0.15, 0.2) is 30.3 Å². The molecule has 2 fully saturated rings. The summed E-state index contributed by atoms with van der Waals surface area (Å²) in [5.74, 6) is 2.44. The van der Waals surface area contributed by atoms with Gasteiger partial charge in [-0.1, -0.05) is 12.1 Å². The molecule has 1 aromatic heterocycles. The van der Waals surface area contributed by atoms with E-state index in [-0.39, 0.29) is 11.7 Å². The minimum Gasteiger partial charge on any atom is -0.363 e. The predicted molar refractivity (Wildman–Crippen MR) is 107 cm³/mol. The lowest BCUT2D eigenvalue weighted by Gasteiger charge is -2.37. The molecule has 2 aromatic rings. The number of hydrogen-bond donors (Lipinski definition) is 0. The van der Waals surface area contributed by atoms with Gasteiger partial charge in [0.1, 0.15) is 23.3 Å². The van der Waals surface area contributed by atoms with Crippen LogP contribution in [-0.2, 0) is 10.2 Å². The Morgan fingerprint density at radius 3 is 2.29 bits per heavy atom. The van der Waals surface area contributed by atoms with Crippen LogP contribution in [0.4, 0.5) is 16.0 Å². The fourth-order valence-electron chi connectivity index (χ4n) is 3.89. The van der Waals surface area contributed by atoms with Gasteiger partial charge in [0.2, 0.25) is 5.91 Å². The second-order valence-corrected chi connectivity index (χ2v) is 7.89. The normalized spacial score (nSPS) is 18.1. The van der Waals surface area contributed by atoms with Gasteiger partial charge in [-0.3, -0.25) is 4.79 Å². The van der Waals surface area contributed by atoms with Crippen molar-refractivity contribution in [3.63, 3.8) is 0 Å². The SMILES string of the molecule is Cc1nc(N(C)C)cc(N2CCN(C(=O)C3(c4ccc(F)cc4)CC3)CC2)n1. The molecule has 1 amide bonds. The smallest absolute Gasteiger partial charge is 0.233 e. The van der Waals surface area contributed by atoms with Crippen LogP contribution >= 0.6 is 0 Å². The number of benzene rings is 1. The van der Waals surface area contributed by atoms with E-state index in [1.165, 1.54) is 12.1 Å². The number of aryl methyl sites for hydroxylation is 1. The topological polar surface area (TPSA) is 52.6 Å². The summed E-state index contributed by atoms with van der Waals surface area (Å²) in [7, 11) is 3.93. The Morgan fingerprint density at radius 2 is 1.71 bits per heavy atom. The number of anilines is 2. The molecule has 0 bridgehead atoms. The van der Waals surface area contributed by atoms with Crippen LogP contribution in [0, 0.1) is 12.7 Å². The lowest BCUT2D eigenvalue weighted by atomic mass is 9.94. The molecule has 4 rings (SSSR count). The van der Waals surface area contributed by atoms with Crippen LogP contribution < -0.4 is 9.80 Å². The summed E-state index contributed by atoms with van der Waals surface area (Å²) in [6.45, 7) is 4.73. The molecule has 6 nitrogen and oxygen atoms in total. The zero-order chi connectivity index (χ0) is 19.9. The van der Waals surface area contributed by atoms with Crippen LogP contribution in [0.5, 0.6) is 0 Å². The molecule has 2 aliphatic rings. The molecule has 0 atom stereocenters. The Morgan fingerprint density at radius 1 is 1.07 bits per heavy atom. The second-order valence-electron chi connectivity index (χ2n) is 7.89. The molecule has 0 radical (unpaired) electrons. The lowest BCUT2D eigenvalue weighted by molar-refractivity contribution is -0.134. The van der Waals surface area contributed by atoms with Crippen molar-refractivity contribution in [2.24, 2.45) is 0 Å². The number of amides is 1. The summed E-state index contributed by atoms with van der Waals surface area (Å²) in [6, 6.07) is 8.39. The average Bonchev–Trinajstić information content (AvgIpc) is 3.49. The fourth-order valence-corrected chi connectivity index (χ4v) is 3.89. The number of carbonyl (C=O) groups excluding carboxylic acids is 1. The number of carbonyl (C=O) groups is 1. The molecule has 148 valence electrons. The monoisotopic (exact) mass is 383 g/mol. The fraction of sp³-hybridized carbons (Fsp3) is 0.476. The number of halogens is 1. The first-order chi connectivity index (χ1) is 13.4. The van der Waals surface area contributed by atoms with E-state index in [0.717, 1.165) is 49.0 Å². The van der Waals surface area contributed by atoms with E-state index in [2.05, 4.69) is 14.9 Å². The highest BCUT2D eigenvalue weighted by atomic mass is 19.1. The average molecular weight is 383 g/mol. The molecular formula is C21H26FN5O. The molecule has 1 aromatic carbocycles. The summed E-state index contributed by atoms with van der Waals surface area (Å²) in [5, 5.41) is 0. The van der Waals surface area contributed by atoms with Crippen LogP contribution in [0.2, 0.25) is 0 Å². The highest BCUT2D eigenvalue weighted by Gasteiger charge is 2.53. The van der Waals surface area contributed by atoms with E-state index in [0.29, 0.717) is 13.1 Å². The number of nitrogens with zero attached hydrogens (tertiary/aromatic N) is 5. The maximum absolute atomic E-state index is 13.2. The minimum absolute atomic E-state index is 0.173. The molecule has 0 unspecified atom stereocenters. The van der Waals surface area contributed by atoms with E-state index >= 15 is 0 Å². The zero-order valence-corrected chi connectivity index (χ0v) is 16.7. The van der Waals surface area contributed by atoms with E-state index in [1.54, 1.807) is 12.1 Å². The molecule has 28 heavy (non-hydrogen) atoms. The van der Waals surface area contributed by atoms with Gasteiger partial charge in [-0.15, -0.1) is 0 Å². The van der Waals surface area contributed by atoms with Crippen LogP contribution in [0.3, 0.4) is 0 Å². The van der Waals surface area contributed by atoms with Crippen molar-refractivity contribution in [1.29, 1.82) is 0 Å². The summed E-state index contributed by atoms with van der Waals surface area (Å²) >= 11 is 0. The largest absolute Gasteiger partial charge is 0.363 e. The first-order valence-corrected chi connectivity index (χ1v) is 9.72.